The Labute approximate surface area is 189 Å². The molecule has 0 spiro atoms. The second kappa shape index (κ2) is 10.5. The van der Waals surface area contributed by atoms with E-state index in [0.717, 1.165) is 26.9 Å². The van der Waals surface area contributed by atoms with Gasteiger partial charge in [-0.05, 0) is 85.1 Å². The minimum Gasteiger partial charge on any atom is -0.484 e. The maximum Gasteiger partial charge on any atom is 0.271 e. The van der Waals surface area contributed by atoms with Gasteiger partial charge in [-0.3, -0.25) is 9.59 Å². The molecule has 0 radical (unpaired) electrons. The summed E-state index contributed by atoms with van der Waals surface area (Å²) in [6.45, 7) is 3.82. The van der Waals surface area contributed by atoms with Crippen LogP contribution < -0.4 is 15.5 Å². The van der Waals surface area contributed by atoms with Crippen LogP contribution in [0.15, 0.2) is 76.3 Å². The molecule has 0 aliphatic heterocycles. The molecule has 7 heteroatoms. The van der Waals surface area contributed by atoms with Crippen molar-refractivity contribution in [1.82, 2.24) is 5.43 Å². The van der Waals surface area contributed by atoms with Crippen molar-refractivity contribution >= 4 is 39.6 Å². The first-order chi connectivity index (χ1) is 14.9. The summed E-state index contributed by atoms with van der Waals surface area (Å²) in [4.78, 5) is 24.2. The van der Waals surface area contributed by atoms with Gasteiger partial charge in [-0.2, -0.15) is 5.10 Å². The summed E-state index contributed by atoms with van der Waals surface area (Å²) in [5, 5.41) is 6.82. The van der Waals surface area contributed by atoms with E-state index in [4.69, 9.17) is 4.74 Å². The highest BCUT2D eigenvalue weighted by molar-refractivity contribution is 9.10. The van der Waals surface area contributed by atoms with E-state index in [1.54, 1.807) is 48.5 Å². The van der Waals surface area contributed by atoms with Crippen molar-refractivity contribution < 1.29 is 14.3 Å². The quantitative estimate of drug-likeness (QED) is 0.375. The Kier molecular flexibility index (Phi) is 7.56. The summed E-state index contributed by atoms with van der Waals surface area (Å²) >= 11 is 3.33. The SMILES string of the molecule is Cc1ccc(C)c(NC(=O)COc2ccc(/C=N/NC(=O)c3ccc(Br)cc3)cc2)c1. The number of hydrazone groups is 1. The van der Waals surface area contributed by atoms with Crippen molar-refractivity contribution in [2.75, 3.05) is 11.9 Å². The largest absolute Gasteiger partial charge is 0.484 e. The third-order valence-electron chi connectivity index (χ3n) is 4.40. The molecule has 158 valence electrons. The van der Waals surface area contributed by atoms with Crippen LogP contribution in [0.5, 0.6) is 5.75 Å². The van der Waals surface area contributed by atoms with Gasteiger partial charge in [-0.1, -0.05) is 28.1 Å². The summed E-state index contributed by atoms with van der Waals surface area (Å²) in [7, 11) is 0. The molecule has 0 aromatic heterocycles. The van der Waals surface area contributed by atoms with E-state index in [9.17, 15) is 9.59 Å². The molecule has 0 atom stereocenters. The highest BCUT2D eigenvalue weighted by Crippen LogP contribution is 2.17. The number of hydrogen-bond acceptors (Lipinski definition) is 4. The van der Waals surface area contributed by atoms with Gasteiger partial charge in [-0.15, -0.1) is 0 Å². The van der Waals surface area contributed by atoms with Gasteiger partial charge < -0.3 is 10.1 Å². The summed E-state index contributed by atoms with van der Waals surface area (Å²) in [5.74, 6) is 0.0423. The average molecular weight is 480 g/mol. The van der Waals surface area contributed by atoms with Gasteiger partial charge in [0.15, 0.2) is 6.61 Å². The molecule has 0 aliphatic carbocycles. The molecular weight excluding hydrogens is 458 g/mol. The lowest BCUT2D eigenvalue weighted by atomic mass is 10.1. The molecule has 0 saturated carbocycles. The van der Waals surface area contributed by atoms with Gasteiger partial charge in [-0.25, -0.2) is 5.43 Å². The molecule has 0 heterocycles. The predicted molar refractivity (Wildman–Crippen MR) is 126 cm³/mol. The maximum absolute atomic E-state index is 12.2. The molecule has 6 nitrogen and oxygen atoms in total. The monoisotopic (exact) mass is 479 g/mol. The van der Waals surface area contributed by atoms with Crippen LogP contribution in [0, 0.1) is 13.8 Å². The standard InChI is InChI=1S/C24H22BrN3O3/c1-16-3-4-17(2)22(13-16)27-23(29)15-31-21-11-5-18(6-12-21)14-26-28-24(30)19-7-9-20(25)10-8-19/h3-14H,15H2,1-2H3,(H,27,29)(H,28,30)/b26-14+. The first-order valence-corrected chi connectivity index (χ1v) is 10.4. The molecule has 0 unspecified atom stereocenters. The molecule has 0 fully saturated rings. The highest BCUT2D eigenvalue weighted by Gasteiger charge is 2.07. The average Bonchev–Trinajstić information content (AvgIpc) is 2.76. The Bertz CT molecular complexity index is 1090. The van der Waals surface area contributed by atoms with Gasteiger partial charge in [0.25, 0.3) is 11.8 Å². The molecule has 3 aromatic rings. The van der Waals surface area contributed by atoms with Crippen LogP contribution in [0.3, 0.4) is 0 Å². The molecule has 2 N–H and O–H groups in total. The van der Waals surface area contributed by atoms with Crippen LogP contribution in [-0.2, 0) is 4.79 Å². The number of nitrogens with one attached hydrogen (secondary N) is 2. The van der Waals surface area contributed by atoms with Crippen molar-refractivity contribution in [3.05, 3.63) is 93.5 Å². The van der Waals surface area contributed by atoms with Gasteiger partial charge in [0.2, 0.25) is 0 Å². The Balaban J connectivity index is 1.47. The summed E-state index contributed by atoms with van der Waals surface area (Å²) in [6, 6.07) is 19.9. The number of amides is 2. The molecule has 0 saturated heterocycles. The molecule has 3 rings (SSSR count). The third kappa shape index (κ3) is 6.79. The van der Waals surface area contributed by atoms with Gasteiger partial charge in [0.1, 0.15) is 5.75 Å². The Morgan fingerprint density at radius 1 is 1.00 bits per heavy atom. The lowest BCUT2D eigenvalue weighted by molar-refractivity contribution is -0.118. The summed E-state index contributed by atoms with van der Waals surface area (Å²) in [6.07, 6.45) is 1.54. The van der Waals surface area contributed by atoms with Crippen molar-refractivity contribution in [2.24, 2.45) is 5.10 Å². The van der Waals surface area contributed by atoms with E-state index >= 15 is 0 Å². The number of aryl methyl sites for hydroxylation is 2. The number of carbonyl (C=O) groups is 2. The topological polar surface area (TPSA) is 79.8 Å². The summed E-state index contributed by atoms with van der Waals surface area (Å²) < 4.78 is 6.45. The zero-order valence-electron chi connectivity index (χ0n) is 17.2. The van der Waals surface area contributed by atoms with Gasteiger partial charge in [0.05, 0.1) is 6.21 Å². The second-order valence-corrected chi connectivity index (χ2v) is 7.85. The number of rotatable bonds is 7. The van der Waals surface area contributed by atoms with Crippen LogP contribution in [0.4, 0.5) is 5.69 Å². The lowest BCUT2D eigenvalue weighted by Crippen LogP contribution is -2.20. The molecule has 3 aromatic carbocycles. The number of benzene rings is 3. The van der Waals surface area contributed by atoms with E-state index in [1.807, 2.05) is 32.0 Å². The fraction of sp³-hybridized carbons (Fsp3) is 0.125. The molecule has 0 bridgehead atoms. The van der Waals surface area contributed by atoms with Gasteiger partial charge in [0, 0.05) is 15.7 Å². The van der Waals surface area contributed by atoms with Crippen LogP contribution in [-0.4, -0.2) is 24.6 Å². The van der Waals surface area contributed by atoms with Crippen molar-refractivity contribution in [2.45, 2.75) is 13.8 Å². The Hall–Kier alpha value is -3.45. The minimum absolute atomic E-state index is 0.0932. The number of hydrogen-bond donors (Lipinski definition) is 2. The predicted octanol–water partition coefficient (Wildman–Crippen LogP) is 4.85. The maximum atomic E-state index is 12.2. The van der Waals surface area contributed by atoms with Crippen molar-refractivity contribution in [1.29, 1.82) is 0 Å². The van der Waals surface area contributed by atoms with Gasteiger partial charge >= 0.3 is 0 Å². The zero-order chi connectivity index (χ0) is 22.2. The first-order valence-electron chi connectivity index (χ1n) is 9.59. The van der Waals surface area contributed by atoms with Crippen molar-refractivity contribution in [3.63, 3.8) is 0 Å². The van der Waals surface area contributed by atoms with E-state index in [2.05, 4.69) is 31.8 Å². The molecule has 31 heavy (non-hydrogen) atoms. The lowest BCUT2D eigenvalue weighted by Gasteiger charge is -2.10. The van der Waals surface area contributed by atoms with Crippen LogP contribution in [0.2, 0.25) is 0 Å². The zero-order valence-corrected chi connectivity index (χ0v) is 18.8. The minimum atomic E-state index is -0.293. The molecular formula is C24H22BrN3O3. The van der Waals surface area contributed by atoms with Crippen LogP contribution >= 0.6 is 15.9 Å². The third-order valence-corrected chi connectivity index (χ3v) is 4.93. The molecule has 0 aliphatic rings. The first kappa shape index (κ1) is 22.2. The molecule has 2 amide bonds. The summed E-state index contributed by atoms with van der Waals surface area (Å²) in [5.41, 5.74) is 6.64. The number of anilines is 1. The number of carbonyl (C=O) groups excluding carboxylic acids is 2. The number of nitrogens with zero attached hydrogens (tertiary/aromatic N) is 1. The highest BCUT2D eigenvalue weighted by atomic mass is 79.9. The van der Waals surface area contributed by atoms with E-state index in [0.29, 0.717) is 11.3 Å². The van der Waals surface area contributed by atoms with Crippen LogP contribution in [0.1, 0.15) is 27.0 Å². The van der Waals surface area contributed by atoms with E-state index in [-0.39, 0.29) is 18.4 Å². The number of ether oxygens (including phenoxy) is 1. The van der Waals surface area contributed by atoms with E-state index < -0.39 is 0 Å². The second-order valence-electron chi connectivity index (χ2n) is 6.93. The van der Waals surface area contributed by atoms with E-state index in [1.165, 1.54) is 6.21 Å². The van der Waals surface area contributed by atoms with Crippen molar-refractivity contribution in [3.8, 4) is 5.75 Å². The fourth-order valence-corrected chi connectivity index (χ4v) is 2.95. The number of halogens is 1. The smallest absolute Gasteiger partial charge is 0.271 e. The Morgan fingerprint density at radius 2 is 1.71 bits per heavy atom. The van der Waals surface area contributed by atoms with Crippen LogP contribution in [0.25, 0.3) is 0 Å². The normalized spacial score (nSPS) is 10.7. The fourth-order valence-electron chi connectivity index (χ4n) is 2.69. The Morgan fingerprint density at radius 3 is 2.42 bits per heavy atom.